The Labute approximate surface area is 112 Å². The van der Waals surface area contributed by atoms with E-state index in [4.69, 9.17) is 5.73 Å². The van der Waals surface area contributed by atoms with Crippen LogP contribution in [-0.4, -0.2) is 50.8 Å². The first-order valence-corrected chi connectivity index (χ1v) is 8.21. The molecule has 0 spiro atoms. The Morgan fingerprint density at radius 3 is 2.78 bits per heavy atom. The van der Waals surface area contributed by atoms with Crippen LogP contribution in [0.4, 0.5) is 0 Å². The maximum absolute atomic E-state index is 12.4. The number of nitrogens with two attached hydrogens (primary N) is 1. The number of thiophene rings is 1. The van der Waals surface area contributed by atoms with Crippen molar-refractivity contribution >= 4 is 21.4 Å². The second-order valence-corrected chi connectivity index (χ2v) is 7.82. The maximum atomic E-state index is 12.4. The molecule has 18 heavy (non-hydrogen) atoms. The van der Waals surface area contributed by atoms with E-state index in [0.29, 0.717) is 29.9 Å². The van der Waals surface area contributed by atoms with Crippen molar-refractivity contribution in [3.8, 4) is 0 Å². The van der Waals surface area contributed by atoms with Crippen LogP contribution in [0.1, 0.15) is 12.0 Å². The van der Waals surface area contributed by atoms with Gasteiger partial charge in [0, 0.05) is 25.7 Å². The molecule has 0 aromatic carbocycles. The second-order valence-electron chi connectivity index (χ2n) is 4.75. The monoisotopic (exact) mass is 289 g/mol. The molecular formula is C11H19N3O2S2. The first-order valence-electron chi connectivity index (χ1n) is 5.89. The minimum atomic E-state index is -3.32. The number of hydrogen-bond acceptors (Lipinski definition) is 5. The van der Waals surface area contributed by atoms with E-state index < -0.39 is 10.0 Å². The van der Waals surface area contributed by atoms with Crippen LogP contribution in [0.15, 0.2) is 15.7 Å². The minimum Gasteiger partial charge on any atom is -0.326 e. The summed E-state index contributed by atoms with van der Waals surface area (Å²) in [5, 5.41) is 1.81. The summed E-state index contributed by atoms with van der Waals surface area (Å²) in [5.41, 5.74) is 6.39. The van der Waals surface area contributed by atoms with Crippen LogP contribution in [0, 0.1) is 0 Å². The molecule has 0 radical (unpaired) electrons. The lowest BCUT2D eigenvalue weighted by atomic mass is 10.2. The Morgan fingerprint density at radius 2 is 2.28 bits per heavy atom. The van der Waals surface area contributed by atoms with Gasteiger partial charge in [-0.1, -0.05) is 0 Å². The zero-order valence-electron chi connectivity index (χ0n) is 10.7. The molecule has 0 saturated carbocycles. The average Bonchev–Trinajstić information content (AvgIpc) is 2.98. The molecule has 2 rings (SSSR count). The highest BCUT2D eigenvalue weighted by Crippen LogP contribution is 2.27. The van der Waals surface area contributed by atoms with Gasteiger partial charge in [0.1, 0.15) is 4.21 Å². The molecule has 7 heteroatoms. The standard InChI is InChI=1S/C11H19N3O2S2/c1-13(2)10-3-4-14(7-10)18(15,16)11-5-9(6-12)8-17-11/h5,8,10H,3-4,6-7,12H2,1-2H3. The molecule has 1 aliphatic heterocycles. The number of hydrogen-bond donors (Lipinski definition) is 1. The van der Waals surface area contributed by atoms with Crippen molar-refractivity contribution in [2.75, 3.05) is 27.2 Å². The molecule has 102 valence electrons. The highest BCUT2D eigenvalue weighted by Gasteiger charge is 2.34. The topological polar surface area (TPSA) is 66.6 Å². The third kappa shape index (κ3) is 2.60. The van der Waals surface area contributed by atoms with Gasteiger partial charge in [0.25, 0.3) is 10.0 Å². The number of rotatable bonds is 4. The predicted molar refractivity (Wildman–Crippen MR) is 73.1 cm³/mol. The highest BCUT2D eigenvalue weighted by molar-refractivity contribution is 7.91. The van der Waals surface area contributed by atoms with Crippen LogP contribution in [0.3, 0.4) is 0 Å². The van der Waals surface area contributed by atoms with Gasteiger partial charge in [-0.25, -0.2) is 8.42 Å². The predicted octanol–water partition coefficient (Wildman–Crippen LogP) is 0.531. The maximum Gasteiger partial charge on any atom is 0.252 e. The number of nitrogens with zero attached hydrogens (tertiary/aromatic N) is 2. The fourth-order valence-electron chi connectivity index (χ4n) is 2.07. The van der Waals surface area contributed by atoms with Gasteiger partial charge in [-0.3, -0.25) is 0 Å². The molecular weight excluding hydrogens is 270 g/mol. The highest BCUT2D eigenvalue weighted by atomic mass is 32.2. The van der Waals surface area contributed by atoms with Crippen molar-refractivity contribution < 1.29 is 8.42 Å². The molecule has 2 heterocycles. The molecule has 1 atom stereocenters. The molecule has 0 aliphatic carbocycles. The van der Waals surface area contributed by atoms with E-state index in [1.54, 1.807) is 10.4 Å². The van der Waals surface area contributed by atoms with Gasteiger partial charge in [0.15, 0.2) is 0 Å². The first-order chi connectivity index (χ1) is 8.45. The summed E-state index contributed by atoms with van der Waals surface area (Å²) in [7, 11) is 0.644. The molecule has 2 N–H and O–H groups in total. The molecule has 0 amide bonds. The van der Waals surface area contributed by atoms with Gasteiger partial charge in [-0.2, -0.15) is 4.31 Å². The van der Waals surface area contributed by atoms with E-state index in [0.717, 1.165) is 12.0 Å². The molecule has 1 aliphatic rings. The SMILES string of the molecule is CN(C)C1CCN(S(=O)(=O)c2cc(CN)cs2)C1. The van der Waals surface area contributed by atoms with Crippen molar-refractivity contribution in [2.45, 2.75) is 23.2 Å². The Hall–Kier alpha value is -0.470. The quantitative estimate of drug-likeness (QED) is 0.878. The largest absolute Gasteiger partial charge is 0.326 e. The minimum absolute atomic E-state index is 0.314. The van der Waals surface area contributed by atoms with Crippen LogP contribution in [0.5, 0.6) is 0 Å². The fraction of sp³-hybridized carbons (Fsp3) is 0.636. The van der Waals surface area contributed by atoms with Crippen LogP contribution >= 0.6 is 11.3 Å². The van der Waals surface area contributed by atoms with Crippen LogP contribution in [0.25, 0.3) is 0 Å². The van der Waals surface area contributed by atoms with E-state index >= 15 is 0 Å². The van der Waals surface area contributed by atoms with Crippen LogP contribution in [0.2, 0.25) is 0 Å². The van der Waals surface area contributed by atoms with Crippen molar-refractivity contribution in [2.24, 2.45) is 5.73 Å². The van der Waals surface area contributed by atoms with Crippen molar-refractivity contribution in [3.05, 3.63) is 17.0 Å². The third-order valence-corrected chi connectivity index (χ3v) is 6.65. The van der Waals surface area contributed by atoms with Gasteiger partial charge in [-0.05, 0) is 37.5 Å². The van der Waals surface area contributed by atoms with Crippen molar-refractivity contribution in [3.63, 3.8) is 0 Å². The lowest BCUT2D eigenvalue weighted by Crippen LogP contribution is -2.34. The third-order valence-electron chi connectivity index (χ3n) is 3.32. The molecule has 5 nitrogen and oxygen atoms in total. The summed E-state index contributed by atoms with van der Waals surface area (Å²) < 4.78 is 26.8. The Bertz CT molecular complexity index is 510. The van der Waals surface area contributed by atoms with E-state index in [9.17, 15) is 8.42 Å². The van der Waals surface area contributed by atoms with Gasteiger partial charge in [0.2, 0.25) is 0 Å². The Kier molecular flexibility index (Phi) is 4.08. The summed E-state index contributed by atoms with van der Waals surface area (Å²) in [6.45, 7) is 1.55. The van der Waals surface area contributed by atoms with E-state index in [1.165, 1.54) is 11.3 Å². The summed E-state index contributed by atoms with van der Waals surface area (Å²) in [6.07, 6.45) is 0.890. The zero-order valence-corrected chi connectivity index (χ0v) is 12.3. The number of sulfonamides is 1. The fourth-order valence-corrected chi connectivity index (χ4v) is 4.94. The van der Waals surface area contributed by atoms with Gasteiger partial charge in [0.05, 0.1) is 0 Å². The molecule has 1 fully saturated rings. The van der Waals surface area contributed by atoms with Crippen LogP contribution < -0.4 is 5.73 Å². The van der Waals surface area contributed by atoms with Crippen molar-refractivity contribution in [1.29, 1.82) is 0 Å². The van der Waals surface area contributed by atoms with Crippen LogP contribution in [-0.2, 0) is 16.6 Å². The average molecular weight is 289 g/mol. The van der Waals surface area contributed by atoms with E-state index in [2.05, 4.69) is 4.90 Å². The Morgan fingerprint density at radius 1 is 1.56 bits per heavy atom. The number of likely N-dealkylation sites (N-methyl/N-ethyl adjacent to an activating group) is 1. The lowest BCUT2D eigenvalue weighted by Gasteiger charge is -2.19. The molecule has 0 bridgehead atoms. The molecule has 1 unspecified atom stereocenters. The summed E-state index contributed by atoms with van der Waals surface area (Å²) in [4.78, 5) is 2.08. The van der Waals surface area contributed by atoms with Crippen molar-refractivity contribution in [1.82, 2.24) is 9.21 Å². The van der Waals surface area contributed by atoms with Gasteiger partial charge < -0.3 is 10.6 Å². The molecule has 1 aromatic heterocycles. The normalized spacial score (nSPS) is 21.9. The Balaban J connectivity index is 2.17. The van der Waals surface area contributed by atoms with E-state index in [1.807, 2.05) is 19.5 Å². The lowest BCUT2D eigenvalue weighted by molar-refractivity contribution is 0.302. The van der Waals surface area contributed by atoms with Gasteiger partial charge >= 0.3 is 0 Å². The molecule has 1 saturated heterocycles. The zero-order chi connectivity index (χ0) is 13.3. The smallest absolute Gasteiger partial charge is 0.252 e. The molecule has 1 aromatic rings. The second kappa shape index (κ2) is 5.26. The van der Waals surface area contributed by atoms with Gasteiger partial charge in [-0.15, -0.1) is 11.3 Å². The van der Waals surface area contributed by atoms with E-state index in [-0.39, 0.29) is 0 Å². The first kappa shape index (κ1) is 14.0. The summed E-state index contributed by atoms with van der Waals surface area (Å²) >= 11 is 1.25. The summed E-state index contributed by atoms with van der Waals surface area (Å²) in [5.74, 6) is 0. The summed E-state index contributed by atoms with van der Waals surface area (Å²) in [6, 6.07) is 2.00.